The number of phosphoric acid groups is 1. The number of hydrogen-bond acceptors (Lipinski definition) is 2. The van der Waals surface area contributed by atoms with Gasteiger partial charge in [-0.3, -0.25) is 4.90 Å². The lowest BCUT2D eigenvalue weighted by Crippen LogP contribution is -2.48. The summed E-state index contributed by atoms with van der Waals surface area (Å²) in [6.45, 7) is 14.3. The van der Waals surface area contributed by atoms with Gasteiger partial charge in [-0.2, -0.15) is 0 Å². The first-order valence-electron chi connectivity index (χ1n) is 8.23. The molecule has 0 rings (SSSR count). The van der Waals surface area contributed by atoms with Crippen molar-refractivity contribution in [1.82, 2.24) is 4.90 Å². The SMILES string of the molecule is CCCCN(CCCC)C(CC)(CC)CC.O=P(O)(O)O. The fourth-order valence-corrected chi connectivity index (χ4v) is 2.70. The number of rotatable bonds is 10. The summed E-state index contributed by atoms with van der Waals surface area (Å²) in [5, 5.41) is 0. The molecule has 0 radical (unpaired) electrons. The molecule has 0 spiro atoms. The van der Waals surface area contributed by atoms with Crippen molar-refractivity contribution in [3.05, 3.63) is 0 Å². The van der Waals surface area contributed by atoms with Crippen molar-refractivity contribution >= 4 is 7.82 Å². The van der Waals surface area contributed by atoms with Crippen LogP contribution in [0.5, 0.6) is 0 Å². The lowest BCUT2D eigenvalue weighted by Gasteiger charge is -2.43. The van der Waals surface area contributed by atoms with Crippen LogP contribution in [0.15, 0.2) is 0 Å². The van der Waals surface area contributed by atoms with Crippen LogP contribution in [-0.2, 0) is 4.57 Å². The maximum atomic E-state index is 8.88. The molecule has 0 saturated heterocycles. The highest BCUT2D eigenvalue weighted by atomic mass is 31.2. The second-order valence-electron chi connectivity index (χ2n) is 5.49. The zero-order chi connectivity index (χ0) is 16.9. The Kier molecular flexibility index (Phi) is 14.0. The van der Waals surface area contributed by atoms with Crippen LogP contribution in [0, 0.1) is 0 Å². The van der Waals surface area contributed by atoms with Crippen LogP contribution in [0.1, 0.15) is 79.6 Å². The van der Waals surface area contributed by atoms with Crippen LogP contribution in [-0.4, -0.2) is 38.2 Å². The summed E-state index contributed by atoms with van der Waals surface area (Å²) < 4.78 is 8.88. The van der Waals surface area contributed by atoms with Gasteiger partial charge in [-0.05, 0) is 45.2 Å². The van der Waals surface area contributed by atoms with Crippen molar-refractivity contribution in [2.24, 2.45) is 0 Å². The minimum absolute atomic E-state index is 0.477. The van der Waals surface area contributed by atoms with Gasteiger partial charge < -0.3 is 14.7 Å². The van der Waals surface area contributed by atoms with Gasteiger partial charge in [0.2, 0.25) is 0 Å². The first-order chi connectivity index (χ1) is 9.70. The van der Waals surface area contributed by atoms with Gasteiger partial charge in [-0.1, -0.05) is 47.5 Å². The van der Waals surface area contributed by atoms with Crippen LogP contribution in [0.3, 0.4) is 0 Å². The van der Waals surface area contributed by atoms with E-state index in [0.29, 0.717) is 5.54 Å². The van der Waals surface area contributed by atoms with E-state index < -0.39 is 7.82 Å². The normalized spacial score (nSPS) is 12.2. The molecule has 0 heterocycles. The van der Waals surface area contributed by atoms with Crippen LogP contribution < -0.4 is 0 Å². The zero-order valence-corrected chi connectivity index (χ0v) is 15.4. The molecule has 0 atom stereocenters. The van der Waals surface area contributed by atoms with Crippen molar-refractivity contribution in [2.45, 2.75) is 85.1 Å². The average Bonchev–Trinajstić information content (AvgIpc) is 2.41. The van der Waals surface area contributed by atoms with Crippen molar-refractivity contribution in [2.75, 3.05) is 13.1 Å². The van der Waals surface area contributed by atoms with Gasteiger partial charge >= 0.3 is 7.82 Å². The van der Waals surface area contributed by atoms with Gasteiger partial charge in [0.05, 0.1) is 0 Å². The second-order valence-corrected chi connectivity index (χ2v) is 6.52. The monoisotopic (exact) mass is 325 g/mol. The van der Waals surface area contributed by atoms with E-state index in [4.69, 9.17) is 19.2 Å². The number of hydrogen-bond donors (Lipinski definition) is 3. The largest absolute Gasteiger partial charge is 0.466 e. The Morgan fingerprint density at radius 2 is 1.10 bits per heavy atom. The summed E-state index contributed by atoms with van der Waals surface area (Å²) in [6, 6.07) is 0. The Hall–Kier alpha value is 0.0700. The zero-order valence-electron chi connectivity index (χ0n) is 14.5. The standard InChI is InChI=1S/C15H33N.H3O4P/c1-6-11-13-16(14-12-7-2)15(8-3,9-4)10-5;1-5(2,3)4/h6-14H2,1-5H3;(H3,1,2,3,4). The molecule has 0 bridgehead atoms. The summed E-state index contributed by atoms with van der Waals surface area (Å²) in [4.78, 5) is 24.3. The van der Waals surface area contributed by atoms with Crippen LogP contribution in [0.4, 0.5) is 0 Å². The number of unbranched alkanes of at least 4 members (excludes halogenated alkanes) is 2. The molecule has 0 aliphatic heterocycles. The summed E-state index contributed by atoms with van der Waals surface area (Å²) >= 11 is 0. The van der Waals surface area contributed by atoms with Gasteiger partial charge in [0.15, 0.2) is 0 Å². The van der Waals surface area contributed by atoms with E-state index in [2.05, 4.69) is 39.5 Å². The topological polar surface area (TPSA) is 81.0 Å². The second kappa shape index (κ2) is 12.6. The lowest BCUT2D eigenvalue weighted by atomic mass is 9.87. The molecule has 6 heteroatoms. The minimum Gasteiger partial charge on any atom is -0.303 e. The van der Waals surface area contributed by atoms with Crippen LogP contribution >= 0.6 is 7.82 Å². The molecule has 0 unspecified atom stereocenters. The predicted molar refractivity (Wildman–Crippen MR) is 89.3 cm³/mol. The van der Waals surface area contributed by atoms with Crippen molar-refractivity contribution < 1.29 is 19.2 Å². The quantitative estimate of drug-likeness (QED) is 0.530. The third kappa shape index (κ3) is 12.3. The van der Waals surface area contributed by atoms with Crippen molar-refractivity contribution in [3.63, 3.8) is 0 Å². The molecule has 0 saturated carbocycles. The fourth-order valence-electron chi connectivity index (χ4n) is 2.70. The van der Waals surface area contributed by atoms with Crippen molar-refractivity contribution in [3.8, 4) is 0 Å². The molecule has 3 N–H and O–H groups in total. The van der Waals surface area contributed by atoms with Gasteiger partial charge in [0.1, 0.15) is 0 Å². The van der Waals surface area contributed by atoms with E-state index in [1.54, 1.807) is 0 Å². The highest BCUT2D eigenvalue weighted by Crippen LogP contribution is 2.28. The molecule has 5 nitrogen and oxygen atoms in total. The van der Waals surface area contributed by atoms with Gasteiger partial charge in [-0.25, -0.2) is 4.57 Å². The Bertz CT molecular complexity index is 252. The third-order valence-electron chi connectivity index (χ3n) is 4.21. The molecule has 21 heavy (non-hydrogen) atoms. The molecule has 0 aromatic heterocycles. The highest BCUT2D eigenvalue weighted by Gasteiger charge is 2.30. The fraction of sp³-hybridized carbons (Fsp3) is 1.00. The van der Waals surface area contributed by atoms with Gasteiger partial charge in [0.25, 0.3) is 0 Å². The first-order valence-corrected chi connectivity index (χ1v) is 9.80. The van der Waals surface area contributed by atoms with E-state index in [-0.39, 0.29) is 0 Å². The van der Waals surface area contributed by atoms with E-state index in [0.717, 1.165) is 0 Å². The first kappa shape index (κ1) is 23.3. The van der Waals surface area contributed by atoms with Crippen LogP contribution in [0.2, 0.25) is 0 Å². The molecule has 0 fully saturated rings. The molecule has 0 aliphatic rings. The smallest absolute Gasteiger partial charge is 0.303 e. The molecular weight excluding hydrogens is 289 g/mol. The summed E-state index contributed by atoms with van der Waals surface area (Å²) in [7, 11) is -4.64. The maximum absolute atomic E-state index is 8.88. The van der Waals surface area contributed by atoms with Gasteiger partial charge in [-0.15, -0.1) is 0 Å². The average molecular weight is 325 g/mol. The third-order valence-corrected chi connectivity index (χ3v) is 4.21. The Morgan fingerprint density at radius 1 is 0.810 bits per heavy atom. The molecule has 0 aliphatic carbocycles. The molecule has 130 valence electrons. The molecular formula is C15H36NO4P. The molecule has 0 aromatic carbocycles. The Balaban J connectivity index is 0. The van der Waals surface area contributed by atoms with E-state index in [1.165, 1.54) is 58.0 Å². The summed E-state index contributed by atoms with van der Waals surface area (Å²) in [5.41, 5.74) is 0.477. The number of nitrogens with zero attached hydrogens (tertiary/aromatic N) is 1. The van der Waals surface area contributed by atoms with Gasteiger partial charge in [0, 0.05) is 5.54 Å². The Morgan fingerprint density at radius 3 is 1.29 bits per heavy atom. The molecule has 0 amide bonds. The Labute approximate surface area is 131 Å². The van der Waals surface area contributed by atoms with E-state index >= 15 is 0 Å². The maximum Gasteiger partial charge on any atom is 0.466 e. The van der Waals surface area contributed by atoms with E-state index in [9.17, 15) is 0 Å². The summed E-state index contributed by atoms with van der Waals surface area (Å²) in [6.07, 6.45) is 9.23. The predicted octanol–water partition coefficient (Wildman–Crippen LogP) is 3.93. The van der Waals surface area contributed by atoms with Crippen molar-refractivity contribution in [1.29, 1.82) is 0 Å². The highest BCUT2D eigenvalue weighted by molar-refractivity contribution is 7.45. The van der Waals surface area contributed by atoms with Crippen LogP contribution in [0.25, 0.3) is 0 Å². The van der Waals surface area contributed by atoms with E-state index in [1.807, 2.05) is 0 Å². The molecule has 0 aromatic rings. The lowest BCUT2D eigenvalue weighted by molar-refractivity contribution is 0.0702. The minimum atomic E-state index is -4.64. The summed E-state index contributed by atoms with van der Waals surface area (Å²) in [5.74, 6) is 0.